The zero-order valence-electron chi connectivity index (χ0n) is 18.6. The van der Waals surface area contributed by atoms with Crippen LogP contribution in [0.15, 0.2) is 24.4 Å². The van der Waals surface area contributed by atoms with Gasteiger partial charge in [0.15, 0.2) is 11.5 Å². The van der Waals surface area contributed by atoms with E-state index < -0.39 is 0 Å². The van der Waals surface area contributed by atoms with Crippen molar-refractivity contribution in [1.29, 1.82) is 0 Å². The number of rotatable bonds is 7. The molecule has 0 saturated carbocycles. The summed E-state index contributed by atoms with van der Waals surface area (Å²) in [6.45, 7) is 12.5. The Kier molecular flexibility index (Phi) is 6.72. The zero-order valence-corrected chi connectivity index (χ0v) is 18.6. The molecule has 2 aliphatic rings. The van der Waals surface area contributed by atoms with Crippen LogP contribution in [0.3, 0.4) is 0 Å². The monoisotopic (exact) mass is 410 g/mol. The molecule has 0 unspecified atom stereocenters. The maximum absolute atomic E-state index is 5.78. The van der Waals surface area contributed by atoms with Gasteiger partial charge in [-0.1, -0.05) is 13.0 Å². The number of ether oxygens (including phenoxy) is 2. The van der Waals surface area contributed by atoms with Gasteiger partial charge in [-0.05, 0) is 50.3 Å². The molecule has 0 bridgehead atoms. The number of benzene rings is 1. The molecule has 1 fully saturated rings. The Morgan fingerprint density at radius 2 is 1.80 bits per heavy atom. The van der Waals surface area contributed by atoms with Crippen LogP contribution in [0, 0.1) is 5.92 Å². The van der Waals surface area contributed by atoms with Crippen LogP contribution >= 0.6 is 0 Å². The molecule has 0 spiro atoms. The Bertz CT molecular complexity index is 849. The molecule has 4 rings (SSSR count). The molecule has 1 aromatic heterocycles. The Morgan fingerprint density at radius 3 is 2.57 bits per heavy atom. The van der Waals surface area contributed by atoms with E-state index in [9.17, 15) is 0 Å². The van der Waals surface area contributed by atoms with Crippen molar-refractivity contribution in [2.24, 2.45) is 5.92 Å². The van der Waals surface area contributed by atoms with Gasteiger partial charge in [0.1, 0.15) is 0 Å². The number of piperidine rings is 1. The highest BCUT2D eigenvalue weighted by Gasteiger charge is 2.22. The van der Waals surface area contributed by atoms with E-state index in [1.54, 1.807) is 0 Å². The van der Waals surface area contributed by atoms with Crippen LogP contribution < -0.4 is 14.4 Å². The number of nitrogens with zero attached hydrogens (tertiary/aromatic N) is 4. The summed E-state index contributed by atoms with van der Waals surface area (Å²) in [6, 6.07) is 6.28. The quantitative estimate of drug-likeness (QED) is 0.686. The number of aromatic nitrogens is 2. The van der Waals surface area contributed by atoms with Gasteiger partial charge in [-0.15, -0.1) is 0 Å². The van der Waals surface area contributed by atoms with E-state index in [1.807, 2.05) is 26.1 Å². The van der Waals surface area contributed by atoms with Crippen LogP contribution in [0.25, 0.3) is 0 Å². The van der Waals surface area contributed by atoms with E-state index >= 15 is 0 Å². The SMILES string of the molecule is CCOc1ccc(CN2CCc3nc(N4CCC(C)CC4)ncc3C2)cc1OCC. The Morgan fingerprint density at radius 1 is 1.03 bits per heavy atom. The molecule has 162 valence electrons. The summed E-state index contributed by atoms with van der Waals surface area (Å²) in [6.07, 6.45) is 5.50. The molecule has 1 aromatic carbocycles. The molecular weight excluding hydrogens is 376 g/mol. The van der Waals surface area contributed by atoms with E-state index in [2.05, 4.69) is 28.9 Å². The lowest BCUT2D eigenvalue weighted by atomic mass is 9.99. The lowest BCUT2D eigenvalue weighted by Crippen LogP contribution is -2.35. The Labute approximate surface area is 180 Å². The number of hydrogen-bond donors (Lipinski definition) is 0. The van der Waals surface area contributed by atoms with Crippen LogP contribution in [0.2, 0.25) is 0 Å². The molecule has 0 aliphatic carbocycles. The van der Waals surface area contributed by atoms with Crippen molar-refractivity contribution in [3.05, 3.63) is 41.2 Å². The molecule has 3 heterocycles. The van der Waals surface area contributed by atoms with Gasteiger partial charge in [0, 0.05) is 50.9 Å². The van der Waals surface area contributed by atoms with Gasteiger partial charge in [0.05, 0.1) is 18.9 Å². The number of hydrogen-bond acceptors (Lipinski definition) is 6. The van der Waals surface area contributed by atoms with Crippen molar-refractivity contribution in [1.82, 2.24) is 14.9 Å². The van der Waals surface area contributed by atoms with Crippen molar-refractivity contribution >= 4 is 5.95 Å². The first-order valence-electron chi connectivity index (χ1n) is 11.4. The normalized spacial score (nSPS) is 17.6. The minimum Gasteiger partial charge on any atom is -0.490 e. The van der Waals surface area contributed by atoms with Gasteiger partial charge in [-0.3, -0.25) is 4.90 Å². The van der Waals surface area contributed by atoms with Crippen molar-refractivity contribution in [3.8, 4) is 11.5 Å². The van der Waals surface area contributed by atoms with Crippen LogP contribution in [-0.2, 0) is 19.5 Å². The summed E-state index contributed by atoms with van der Waals surface area (Å²) in [7, 11) is 0. The summed E-state index contributed by atoms with van der Waals surface area (Å²) >= 11 is 0. The highest BCUT2D eigenvalue weighted by Crippen LogP contribution is 2.30. The van der Waals surface area contributed by atoms with Crippen molar-refractivity contribution in [2.75, 3.05) is 37.7 Å². The van der Waals surface area contributed by atoms with Gasteiger partial charge < -0.3 is 14.4 Å². The standard InChI is InChI=1S/C24H34N4O2/c1-4-29-22-7-6-19(14-23(22)30-5-2)16-27-11-10-21-20(17-27)15-25-24(26-21)28-12-8-18(3)9-13-28/h6-7,14-15,18H,4-5,8-13,16-17H2,1-3H3. The molecule has 0 atom stereocenters. The topological polar surface area (TPSA) is 50.7 Å². The van der Waals surface area contributed by atoms with Crippen LogP contribution in [-0.4, -0.2) is 47.7 Å². The molecule has 0 N–H and O–H groups in total. The average Bonchev–Trinajstić information content (AvgIpc) is 2.76. The zero-order chi connectivity index (χ0) is 20.9. The fourth-order valence-electron chi connectivity index (χ4n) is 4.31. The van der Waals surface area contributed by atoms with Crippen LogP contribution in [0.1, 0.15) is 50.4 Å². The van der Waals surface area contributed by atoms with E-state index in [-0.39, 0.29) is 0 Å². The summed E-state index contributed by atoms with van der Waals surface area (Å²) in [5, 5.41) is 0. The molecule has 6 nitrogen and oxygen atoms in total. The predicted octanol–water partition coefficient (Wildman–Crippen LogP) is 4.07. The molecule has 30 heavy (non-hydrogen) atoms. The summed E-state index contributed by atoms with van der Waals surface area (Å²) in [5.41, 5.74) is 3.72. The smallest absolute Gasteiger partial charge is 0.225 e. The van der Waals surface area contributed by atoms with E-state index in [4.69, 9.17) is 19.4 Å². The second-order valence-electron chi connectivity index (χ2n) is 8.42. The summed E-state index contributed by atoms with van der Waals surface area (Å²) in [5.74, 6) is 3.39. The first-order valence-corrected chi connectivity index (χ1v) is 11.4. The second-order valence-corrected chi connectivity index (χ2v) is 8.42. The lowest BCUT2D eigenvalue weighted by Gasteiger charge is -2.32. The molecule has 1 saturated heterocycles. The third-order valence-corrected chi connectivity index (χ3v) is 6.08. The Hall–Kier alpha value is -2.34. The largest absolute Gasteiger partial charge is 0.490 e. The minimum absolute atomic E-state index is 0.635. The fraction of sp³-hybridized carbons (Fsp3) is 0.583. The average molecular weight is 411 g/mol. The van der Waals surface area contributed by atoms with E-state index in [1.165, 1.54) is 29.7 Å². The molecular formula is C24H34N4O2. The number of anilines is 1. The first-order chi connectivity index (χ1) is 14.7. The van der Waals surface area contributed by atoms with Crippen molar-refractivity contribution in [3.63, 3.8) is 0 Å². The van der Waals surface area contributed by atoms with Gasteiger partial charge in [-0.25, -0.2) is 9.97 Å². The third kappa shape index (κ3) is 4.86. The maximum Gasteiger partial charge on any atom is 0.225 e. The van der Waals surface area contributed by atoms with Crippen LogP contribution in [0.4, 0.5) is 5.95 Å². The second kappa shape index (κ2) is 9.65. The highest BCUT2D eigenvalue weighted by atomic mass is 16.5. The molecule has 0 amide bonds. The van der Waals surface area contributed by atoms with E-state index in [0.717, 1.165) is 62.5 Å². The van der Waals surface area contributed by atoms with Gasteiger partial charge in [0.25, 0.3) is 0 Å². The lowest BCUT2D eigenvalue weighted by molar-refractivity contribution is 0.241. The first kappa shape index (κ1) is 20.9. The maximum atomic E-state index is 5.78. The molecule has 6 heteroatoms. The molecule has 2 aliphatic heterocycles. The highest BCUT2D eigenvalue weighted by molar-refractivity contribution is 5.43. The third-order valence-electron chi connectivity index (χ3n) is 6.08. The Balaban J connectivity index is 1.41. The van der Waals surface area contributed by atoms with E-state index in [0.29, 0.717) is 13.2 Å². The summed E-state index contributed by atoms with van der Waals surface area (Å²) in [4.78, 5) is 14.4. The predicted molar refractivity (Wildman–Crippen MR) is 119 cm³/mol. The van der Waals surface area contributed by atoms with Crippen molar-refractivity contribution in [2.45, 2.75) is 53.1 Å². The van der Waals surface area contributed by atoms with Gasteiger partial charge in [0.2, 0.25) is 5.95 Å². The minimum atomic E-state index is 0.635. The fourth-order valence-corrected chi connectivity index (χ4v) is 4.31. The number of fused-ring (bicyclic) bond motifs is 1. The van der Waals surface area contributed by atoms with Gasteiger partial charge in [-0.2, -0.15) is 0 Å². The van der Waals surface area contributed by atoms with Crippen LogP contribution in [0.5, 0.6) is 11.5 Å². The molecule has 2 aromatic rings. The van der Waals surface area contributed by atoms with Crippen molar-refractivity contribution < 1.29 is 9.47 Å². The summed E-state index contributed by atoms with van der Waals surface area (Å²) < 4.78 is 11.5. The molecule has 0 radical (unpaired) electrons. The van der Waals surface area contributed by atoms with Gasteiger partial charge >= 0.3 is 0 Å².